The van der Waals surface area contributed by atoms with Crippen LogP contribution in [0.3, 0.4) is 0 Å². The largest absolute Gasteiger partial charge is 0.493 e. The van der Waals surface area contributed by atoms with Gasteiger partial charge in [-0.05, 0) is 42.8 Å². The summed E-state index contributed by atoms with van der Waals surface area (Å²) >= 11 is 0. The number of carbonyl (C=O) groups is 1. The number of amides is 1. The second-order valence-corrected chi connectivity index (χ2v) is 4.66. The van der Waals surface area contributed by atoms with Crippen LogP contribution in [0.15, 0.2) is 34.7 Å². The van der Waals surface area contributed by atoms with Crippen LogP contribution in [-0.2, 0) is 17.6 Å². The van der Waals surface area contributed by atoms with Crippen LogP contribution in [0.25, 0.3) is 0 Å². The van der Waals surface area contributed by atoms with Crippen molar-refractivity contribution in [3.8, 4) is 5.75 Å². The Hall–Kier alpha value is -2.23. The van der Waals surface area contributed by atoms with E-state index >= 15 is 0 Å². The number of rotatable bonds is 3. The van der Waals surface area contributed by atoms with Crippen LogP contribution >= 0.6 is 0 Å². The van der Waals surface area contributed by atoms with E-state index in [9.17, 15) is 4.79 Å². The van der Waals surface area contributed by atoms with Gasteiger partial charge in [-0.1, -0.05) is 0 Å². The molecule has 1 aliphatic heterocycles. The van der Waals surface area contributed by atoms with Gasteiger partial charge in [-0.3, -0.25) is 4.79 Å². The van der Waals surface area contributed by atoms with Crippen LogP contribution in [0.4, 0.5) is 5.69 Å². The number of hydrogen-bond acceptors (Lipinski definition) is 3. The van der Waals surface area contributed by atoms with Crippen molar-refractivity contribution < 1.29 is 13.9 Å². The normalized spacial score (nSPS) is 12.9. The second-order valence-electron chi connectivity index (χ2n) is 4.66. The maximum Gasteiger partial charge on any atom is 0.231 e. The molecule has 0 spiro atoms. The molecule has 1 amide bonds. The second kappa shape index (κ2) is 4.80. The molecule has 1 aliphatic rings. The lowest BCUT2D eigenvalue weighted by atomic mass is 10.1. The SMILES string of the molecule is Cc1ccc(CC(=O)Nc2ccc3c(c2)CCO3)o1. The first kappa shape index (κ1) is 11.8. The molecule has 19 heavy (non-hydrogen) atoms. The highest BCUT2D eigenvalue weighted by Gasteiger charge is 2.13. The van der Waals surface area contributed by atoms with Crippen LogP contribution in [0.5, 0.6) is 5.75 Å². The zero-order valence-electron chi connectivity index (χ0n) is 10.7. The van der Waals surface area contributed by atoms with Crippen molar-refractivity contribution in [3.63, 3.8) is 0 Å². The van der Waals surface area contributed by atoms with E-state index in [0.717, 1.165) is 35.8 Å². The topological polar surface area (TPSA) is 51.5 Å². The highest BCUT2D eigenvalue weighted by molar-refractivity contribution is 5.92. The maximum absolute atomic E-state index is 11.9. The number of benzene rings is 1. The molecule has 1 aromatic heterocycles. The molecule has 0 unspecified atom stereocenters. The van der Waals surface area contributed by atoms with Crippen molar-refractivity contribution in [2.75, 3.05) is 11.9 Å². The van der Waals surface area contributed by atoms with Gasteiger partial charge in [0.1, 0.15) is 17.3 Å². The lowest BCUT2D eigenvalue weighted by Crippen LogP contribution is -2.14. The molecule has 0 aliphatic carbocycles. The zero-order chi connectivity index (χ0) is 13.2. The Balaban J connectivity index is 1.66. The summed E-state index contributed by atoms with van der Waals surface area (Å²) in [6.07, 6.45) is 1.15. The van der Waals surface area contributed by atoms with E-state index in [4.69, 9.17) is 9.15 Å². The van der Waals surface area contributed by atoms with Gasteiger partial charge in [-0.15, -0.1) is 0 Å². The number of carbonyl (C=O) groups excluding carboxylic acids is 1. The minimum Gasteiger partial charge on any atom is -0.493 e. The number of nitrogens with one attached hydrogen (secondary N) is 1. The molecular formula is C15H15NO3. The van der Waals surface area contributed by atoms with E-state index in [-0.39, 0.29) is 12.3 Å². The number of fused-ring (bicyclic) bond motifs is 1. The summed E-state index contributed by atoms with van der Waals surface area (Å²) < 4.78 is 10.8. The third kappa shape index (κ3) is 2.62. The Bertz CT molecular complexity index is 616. The number of ether oxygens (including phenoxy) is 1. The van der Waals surface area contributed by atoms with Gasteiger partial charge in [0.15, 0.2) is 0 Å². The minimum atomic E-state index is -0.0757. The molecule has 4 heteroatoms. The van der Waals surface area contributed by atoms with Gasteiger partial charge in [-0.2, -0.15) is 0 Å². The molecule has 2 heterocycles. The van der Waals surface area contributed by atoms with E-state index in [1.165, 1.54) is 0 Å². The van der Waals surface area contributed by atoms with E-state index < -0.39 is 0 Å². The third-order valence-corrected chi connectivity index (χ3v) is 3.10. The highest BCUT2D eigenvalue weighted by Crippen LogP contribution is 2.27. The van der Waals surface area contributed by atoms with Crippen molar-refractivity contribution in [1.29, 1.82) is 0 Å². The first-order valence-corrected chi connectivity index (χ1v) is 6.31. The Morgan fingerprint density at radius 1 is 1.32 bits per heavy atom. The van der Waals surface area contributed by atoms with Crippen LogP contribution in [-0.4, -0.2) is 12.5 Å². The molecule has 0 bridgehead atoms. The number of anilines is 1. The third-order valence-electron chi connectivity index (χ3n) is 3.10. The van der Waals surface area contributed by atoms with Crippen molar-refractivity contribution in [1.82, 2.24) is 0 Å². The standard InChI is InChI=1S/C15H15NO3/c1-10-2-4-13(19-10)9-15(17)16-12-3-5-14-11(8-12)6-7-18-14/h2-5,8H,6-7,9H2,1H3,(H,16,17). The van der Waals surface area contributed by atoms with Crippen LogP contribution in [0, 0.1) is 6.92 Å². The molecule has 4 nitrogen and oxygen atoms in total. The maximum atomic E-state index is 11.9. The minimum absolute atomic E-state index is 0.0757. The van der Waals surface area contributed by atoms with Crippen molar-refractivity contribution in [2.45, 2.75) is 19.8 Å². The summed E-state index contributed by atoms with van der Waals surface area (Å²) in [6, 6.07) is 9.40. The van der Waals surface area contributed by atoms with Crippen molar-refractivity contribution in [2.24, 2.45) is 0 Å². The Kier molecular flexibility index (Phi) is 2.99. The summed E-state index contributed by atoms with van der Waals surface area (Å²) in [7, 11) is 0. The predicted molar refractivity (Wildman–Crippen MR) is 71.4 cm³/mol. The van der Waals surface area contributed by atoms with Gasteiger partial charge >= 0.3 is 0 Å². The Morgan fingerprint density at radius 3 is 3.00 bits per heavy atom. The highest BCUT2D eigenvalue weighted by atomic mass is 16.5. The summed E-state index contributed by atoms with van der Waals surface area (Å²) in [5.41, 5.74) is 1.95. The molecule has 0 radical (unpaired) electrons. The predicted octanol–water partition coefficient (Wildman–Crippen LogP) is 2.70. The molecule has 0 fully saturated rings. The first-order valence-electron chi connectivity index (χ1n) is 6.31. The molecule has 98 valence electrons. The monoisotopic (exact) mass is 257 g/mol. The molecule has 0 saturated heterocycles. The fourth-order valence-corrected chi connectivity index (χ4v) is 2.21. The van der Waals surface area contributed by atoms with E-state index in [2.05, 4.69) is 5.32 Å². The molecule has 1 aromatic carbocycles. The molecule has 1 N–H and O–H groups in total. The molecule has 0 atom stereocenters. The molecule has 3 rings (SSSR count). The van der Waals surface area contributed by atoms with Crippen molar-refractivity contribution >= 4 is 11.6 Å². The Labute approximate surface area is 111 Å². The summed E-state index contributed by atoms with van der Waals surface area (Å²) in [4.78, 5) is 11.9. The van der Waals surface area contributed by atoms with Crippen molar-refractivity contribution in [3.05, 3.63) is 47.4 Å². The van der Waals surface area contributed by atoms with E-state index in [0.29, 0.717) is 5.76 Å². The van der Waals surface area contributed by atoms with Gasteiger partial charge < -0.3 is 14.5 Å². The van der Waals surface area contributed by atoms with Gasteiger partial charge in [0, 0.05) is 12.1 Å². The van der Waals surface area contributed by atoms with Gasteiger partial charge in [0.05, 0.1) is 13.0 Å². The van der Waals surface area contributed by atoms with Crippen LogP contribution in [0.2, 0.25) is 0 Å². The zero-order valence-corrected chi connectivity index (χ0v) is 10.7. The smallest absolute Gasteiger partial charge is 0.231 e. The molecular weight excluding hydrogens is 242 g/mol. The average Bonchev–Trinajstić information content (AvgIpc) is 2.97. The lowest BCUT2D eigenvalue weighted by molar-refractivity contribution is -0.115. The lowest BCUT2D eigenvalue weighted by Gasteiger charge is -2.06. The summed E-state index contributed by atoms with van der Waals surface area (Å²) in [5, 5.41) is 2.87. The molecule has 0 saturated carbocycles. The van der Waals surface area contributed by atoms with Crippen LogP contribution in [0.1, 0.15) is 17.1 Å². The molecule has 2 aromatic rings. The Morgan fingerprint density at radius 2 is 2.21 bits per heavy atom. The number of hydrogen-bond donors (Lipinski definition) is 1. The fraction of sp³-hybridized carbons (Fsp3) is 0.267. The van der Waals surface area contributed by atoms with Gasteiger partial charge in [0.25, 0.3) is 0 Å². The van der Waals surface area contributed by atoms with Crippen LogP contribution < -0.4 is 10.1 Å². The average molecular weight is 257 g/mol. The van der Waals surface area contributed by atoms with E-state index in [1.807, 2.05) is 37.3 Å². The quantitative estimate of drug-likeness (QED) is 0.919. The number of aryl methyl sites for hydroxylation is 1. The van der Waals surface area contributed by atoms with Gasteiger partial charge in [0.2, 0.25) is 5.91 Å². The fourth-order valence-electron chi connectivity index (χ4n) is 2.21. The number of furan rings is 1. The van der Waals surface area contributed by atoms with Gasteiger partial charge in [-0.25, -0.2) is 0 Å². The summed E-state index contributed by atoms with van der Waals surface area (Å²) in [6.45, 7) is 2.58. The summed E-state index contributed by atoms with van der Waals surface area (Å²) in [5.74, 6) is 2.34. The first-order chi connectivity index (χ1) is 9.20. The van der Waals surface area contributed by atoms with E-state index in [1.54, 1.807) is 0 Å².